The monoisotopic (exact) mass is 381 g/mol. The van der Waals surface area contributed by atoms with Crippen LogP contribution in [-0.4, -0.2) is 56.4 Å². The third-order valence-electron chi connectivity index (χ3n) is 4.70. The molecule has 1 aliphatic rings. The highest BCUT2D eigenvalue weighted by molar-refractivity contribution is 5.82. The van der Waals surface area contributed by atoms with E-state index < -0.39 is 6.10 Å². The number of hydrogen-bond acceptors (Lipinski definition) is 7. The summed E-state index contributed by atoms with van der Waals surface area (Å²) in [7, 11) is 0. The summed E-state index contributed by atoms with van der Waals surface area (Å²) in [6.07, 6.45) is 3.84. The molecule has 28 heavy (non-hydrogen) atoms. The predicted molar refractivity (Wildman–Crippen MR) is 104 cm³/mol. The molecule has 1 unspecified atom stereocenters. The molecule has 9 heteroatoms. The summed E-state index contributed by atoms with van der Waals surface area (Å²) in [4.78, 5) is 23.8. The largest absolute Gasteiger partial charge is 0.365 e. The van der Waals surface area contributed by atoms with E-state index in [9.17, 15) is 4.79 Å². The molecule has 1 N–H and O–H groups in total. The number of fused-ring (bicyclic) bond motifs is 1. The second-order valence-corrected chi connectivity index (χ2v) is 6.68. The van der Waals surface area contributed by atoms with Crippen LogP contribution in [0.4, 0.5) is 5.82 Å². The van der Waals surface area contributed by atoms with Gasteiger partial charge in [0.1, 0.15) is 12.1 Å². The van der Waals surface area contributed by atoms with E-state index in [1.165, 1.54) is 0 Å². The van der Waals surface area contributed by atoms with Crippen LogP contribution >= 0.6 is 0 Å². The van der Waals surface area contributed by atoms with Crippen molar-refractivity contribution in [3.05, 3.63) is 42.6 Å². The average molecular weight is 381 g/mol. The number of carbonyl (C=O) groups is 1. The Morgan fingerprint density at radius 2 is 2.18 bits per heavy atom. The van der Waals surface area contributed by atoms with Crippen LogP contribution < -0.4 is 10.2 Å². The van der Waals surface area contributed by atoms with Gasteiger partial charge < -0.3 is 19.5 Å². The van der Waals surface area contributed by atoms with Gasteiger partial charge in [0.2, 0.25) is 0 Å². The molecule has 146 valence electrons. The Morgan fingerprint density at radius 1 is 1.32 bits per heavy atom. The molecule has 1 saturated heterocycles. The van der Waals surface area contributed by atoms with E-state index in [1.54, 1.807) is 12.5 Å². The number of rotatable bonds is 6. The number of aryl methyl sites for hydroxylation is 1. The minimum absolute atomic E-state index is 0.163. The van der Waals surface area contributed by atoms with E-state index in [2.05, 4.69) is 32.4 Å². The molecule has 4 rings (SSSR count). The fraction of sp³-hybridized carbons (Fsp3) is 0.421. The number of morpholine rings is 1. The van der Waals surface area contributed by atoms with Crippen LogP contribution in [0.3, 0.4) is 0 Å². The molecule has 1 fully saturated rings. The smallest absolute Gasteiger partial charge is 0.251 e. The Morgan fingerprint density at radius 3 is 3.04 bits per heavy atom. The highest BCUT2D eigenvalue weighted by Crippen LogP contribution is 2.18. The second-order valence-electron chi connectivity index (χ2n) is 6.68. The predicted octanol–water partition coefficient (Wildman–Crippen LogP) is 1.15. The summed E-state index contributed by atoms with van der Waals surface area (Å²) in [6.45, 7) is 4.80. The summed E-state index contributed by atoms with van der Waals surface area (Å²) in [6, 6.07) is 7.74. The van der Waals surface area contributed by atoms with Gasteiger partial charge in [-0.25, -0.2) is 4.98 Å². The first-order chi connectivity index (χ1) is 13.7. The van der Waals surface area contributed by atoms with Crippen molar-refractivity contribution in [1.29, 1.82) is 0 Å². The second kappa shape index (κ2) is 8.30. The number of benzene rings is 1. The molecule has 0 radical (unpaired) electrons. The minimum atomic E-state index is -0.565. The molecule has 1 amide bonds. The molecule has 0 bridgehead atoms. The zero-order valence-electron chi connectivity index (χ0n) is 15.8. The van der Waals surface area contributed by atoms with E-state index in [0.29, 0.717) is 26.2 Å². The molecule has 2 aromatic heterocycles. The van der Waals surface area contributed by atoms with E-state index >= 15 is 0 Å². The maximum absolute atomic E-state index is 12.6. The molecular weight excluding hydrogens is 358 g/mol. The molecule has 0 aliphatic carbocycles. The van der Waals surface area contributed by atoms with Gasteiger partial charge in [0.05, 0.1) is 36.9 Å². The van der Waals surface area contributed by atoms with Gasteiger partial charge in [0, 0.05) is 13.1 Å². The van der Waals surface area contributed by atoms with Crippen LogP contribution in [0.15, 0.2) is 36.8 Å². The van der Waals surface area contributed by atoms with Crippen molar-refractivity contribution in [1.82, 2.24) is 30.0 Å². The Bertz CT molecular complexity index is 958. The molecule has 1 atom stereocenters. The third kappa shape index (κ3) is 3.94. The van der Waals surface area contributed by atoms with Gasteiger partial charge >= 0.3 is 0 Å². The van der Waals surface area contributed by atoms with Crippen molar-refractivity contribution in [2.45, 2.75) is 32.5 Å². The summed E-state index contributed by atoms with van der Waals surface area (Å²) in [5.74, 6) is 1.33. The first kappa shape index (κ1) is 18.3. The summed E-state index contributed by atoms with van der Waals surface area (Å²) in [5.41, 5.74) is 1.69. The van der Waals surface area contributed by atoms with Crippen LogP contribution in [0, 0.1) is 0 Å². The van der Waals surface area contributed by atoms with Gasteiger partial charge in [-0.1, -0.05) is 19.1 Å². The highest BCUT2D eigenvalue weighted by Gasteiger charge is 2.27. The number of anilines is 1. The van der Waals surface area contributed by atoms with Crippen LogP contribution in [0.25, 0.3) is 11.0 Å². The number of ether oxygens (including phenoxy) is 1. The van der Waals surface area contributed by atoms with E-state index in [1.807, 2.05) is 33.7 Å². The number of amides is 1. The minimum Gasteiger partial charge on any atom is -0.365 e. The Hall–Kier alpha value is -3.07. The van der Waals surface area contributed by atoms with Gasteiger partial charge in [-0.2, -0.15) is 0 Å². The molecule has 9 nitrogen and oxygen atoms in total. The Kier molecular flexibility index (Phi) is 5.43. The standard InChI is InChI=1S/C19H23N7O2/c1-2-7-26-13-22-24-18(26)11-21-19(27)16-12-25(8-9-28-16)17-10-20-14-5-3-4-6-15(14)23-17/h3-6,10,13,16H,2,7-9,11-12H2,1H3,(H,21,27). The summed E-state index contributed by atoms with van der Waals surface area (Å²) >= 11 is 0. The van der Waals surface area contributed by atoms with Gasteiger partial charge in [-0.15, -0.1) is 10.2 Å². The maximum Gasteiger partial charge on any atom is 0.251 e. The number of carbonyl (C=O) groups excluding carboxylic acids is 1. The highest BCUT2D eigenvalue weighted by atomic mass is 16.5. The Balaban J connectivity index is 1.39. The number of nitrogens with one attached hydrogen (secondary N) is 1. The van der Waals surface area contributed by atoms with Crippen LogP contribution in [0.1, 0.15) is 19.2 Å². The lowest BCUT2D eigenvalue weighted by Crippen LogP contribution is -2.50. The normalized spacial score (nSPS) is 17.0. The van der Waals surface area contributed by atoms with Crippen molar-refractivity contribution >= 4 is 22.8 Å². The molecule has 1 aliphatic heterocycles. The fourth-order valence-corrected chi connectivity index (χ4v) is 3.24. The molecule has 1 aromatic carbocycles. The molecule has 0 saturated carbocycles. The lowest BCUT2D eigenvalue weighted by atomic mass is 10.2. The fourth-order valence-electron chi connectivity index (χ4n) is 3.24. The molecular formula is C19H23N7O2. The number of para-hydroxylation sites is 2. The van der Waals surface area contributed by atoms with Gasteiger partial charge in [-0.3, -0.25) is 9.78 Å². The van der Waals surface area contributed by atoms with Crippen molar-refractivity contribution in [3.8, 4) is 0 Å². The van der Waals surface area contributed by atoms with Crippen molar-refractivity contribution in [2.24, 2.45) is 0 Å². The topological polar surface area (TPSA) is 98.1 Å². The van der Waals surface area contributed by atoms with Crippen LogP contribution in [0.2, 0.25) is 0 Å². The number of aromatic nitrogens is 5. The summed E-state index contributed by atoms with van der Waals surface area (Å²) in [5, 5.41) is 10.9. The quantitative estimate of drug-likeness (QED) is 0.684. The van der Waals surface area contributed by atoms with E-state index in [0.717, 1.165) is 35.6 Å². The van der Waals surface area contributed by atoms with Gasteiger partial charge in [0.25, 0.3) is 5.91 Å². The van der Waals surface area contributed by atoms with Crippen molar-refractivity contribution in [2.75, 3.05) is 24.6 Å². The van der Waals surface area contributed by atoms with Crippen LogP contribution in [-0.2, 0) is 22.6 Å². The molecule has 3 heterocycles. The van der Waals surface area contributed by atoms with Gasteiger partial charge in [-0.05, 0) is 18.6 Å². The number of nitrogens with zero attached hydrogens (tertiary/aromatic N) is 6. The van der Waals surface area contributed by atoms with Crippen LogP contribution in [0.5, 0.6) is 0 Å². The maximum atomic E-state index is 12.6. The lowest BCUT2D eigenvalue weighted by Gasteiger charge is -2.32. The zero-order valence-corrected chi connectivity index (χ0v) is 15.8. The summed E-state index contributed by atoms with van der Waals surface area (Å²) < 4.78 is 7.63. The SMILES string of the molecule is CCCn1cnnc1CNC(=O)C1CN(c2cnc3ccccc3n2)CCO1. The van der Waals surface area contributed by atoms with Gasteiger partial charge in [0.15, 0.2) is 11.9 Å². The lowest BCUT2D eigenvalue weighted by molar-refractivity contribution is -0.133. The average Bonchev–Trinajstić information content (AvgIpc) is 3.19. The van der Waals surface area contributed by atoms with Crippen molar-refractivity contribution < 1.29 is 9.53 Å². The third-order valence-corrected chi connectivity index (χ3v) is 4.70. The van der Waals surface area contributed by atoms with E-state index in [-0.39, 0.29) is 5.91 Å². The zero-order chi connectivity index (χ0) is 19.3. The molecule has 3 aromatic rings. The molecule has 0 spiro atoms. The first-order valence-electron chi connectivity index (χ1n) is 9.47. The number of hydrogen-bond donors (Lipinski definition) is 1. The first-order valence-corrected chi connectivity index (χ1v) is 9.47. The van der Waals surface area contributed by atoms with E-state index in [4.69, 9.17) is 4.74 Å². The van der Waals surface area contributed by atoms with Crippen molar-refractivity contribution in [3.63, 3.8) is 0 Å². The Labute approximate surface area is 162 Å².